The molecule has 3 heteroatoms. The summed E-state index contributed by atoms with van der Waals surface area (Å²) in [6.07, 6.45) is 5.93. The van der Waals surface area contributed by atoms with E-state index in [9.17, 15) is 0 Å². The van der Waals surface area contributed by atoms with E-state index < -0.39 is 0 Å². The van der Waals surface area contributed by atoms with Gasteiger partial charge in [-0.2, -0.15) is 0 Å². The van der Waals surface area contributed by atoms with E-state index in [2.05, 4.69) is 16.5 Å². The van der Waals surface area contributed by atoms with Crippen molar-refractivity contribution in [2.75, 3.05) is 6.54 Å². The zero-order chi connectivity index (χ0) is 10.3. The Hall–Kier alpha value is -1.09. The molecule has 0 spiro atoms. The molecule has 0 bridgehead atoms. The van der Waals surface area contributed by atoms with Crippen LogP contribution >= 0.6 is 0 Å². The predicted octanol–water partition coefficient (Wildman–Crippen LogP) is 2.14. The molecule has 2 aliphatic rings. The molecule has 3 nitrogen and oxygen atoms in total. The third kappa shape index (κ3) is 1.61. The molecule has 3 rings (SSSR count). The molecular weight excluding hydrogens is 188 g/mol. The molecule has 15 heavy (non-hydrogen) atoms. The lowest BCUT2D eigenvalue weighted by atomic mass is 9.85. The van der Waals surface area contributed by atoms with Crippen LogP contribution in [0, 0.1) is 12.8 Å². The second kappa shape index (κ2) is 3.49. The molecule has 1 fully saturated rings. The summed E-state index contributed by atoms with van der Waals surface area (Å²) in [4.78, 5) is 0. The lowest BCUT2D eigenvalue weighted by Crippen LogP contribution is -2.29. The molecule has 0 radical (unpaired) electrons. The molecule has 1 N–H and O–H groups in total. The number of aryl methyl sites for hydroxylation is 1. The van der Waals surface area contributed by atoms with Crippen molar-refractivity contribution < 1.29 is 4.52 Å². The SMILES string of the molecule is Cc1cc(C2=CC[C@@H]3CCN[C@@H]3C2)on1. The maximum atomic E-state index is 5.31. The Balaban J connectivity index is 1.83. The molecule has 2 heterocycles. The van der Waals surface area contributed by atoms with E-state index in [0.717, 1.165) is 23.8 Å². The maximum absolute atomic E-state index is 5.31. The van der Waals surface area contributed by atoms with Crippen LogP contribution in [0.3, 0.4) is 0 Å². The Morgan fingerprint density at radius 3 is 3.27 bits per heavy atom. The Morgan fingerprint density at radius 2 is 2.47 bits per heavy atom. The first-order valence-electron chi connectivity index (χ1n) is 5.69. The number of rotatable bonds is 1. The molecule has 80 valence electrons. The highest BCUT2D eigenvalue weighted by Crippen LogP contribution is 2.34. The number of hydrogen-bond acceptors (Lipinski definition) is 3. The fourth-order valence-electron chi connectivity index (χ4n) is 2.67. The molecular formula is C12H16N2O. The molecule has 0 saturated carbocycles. The van der Waals surface area contributed by atoms with Crippen LogP contribution in [-0.4, -0.2) is 17.7 Å². The molecule has 1 aromatic rings. The van der Waals surface area contributed by atoms with Gasteiger partial charge in [0, 0.05) is 12.1 Å². The van der Waals surface area contributed by atoms with Crippen LogP contribution in [0.5, 0.6) is 0 Å². The standard InChI is InChI=1S/C12H16N2O/c1-8-6-12(15-14-8)10-3-2-9-4-5-13-11(9)7-10/h3,6,9,11,13H,2,4-5,7H2,1H3/t9-,11-/m1/s1. The maximum Gasteiger partial charge on any atom is 0.162 e. The van der Waals surface area contributed by atoms with Gasteiger partial charge in [-0.25, -0.2) is 0 Å². The quantitative estimate of drug-likeness (QED) is 0.761. The van der Waals surface area contributed by atoms with Crippen molar-refractivity contribution in [2.24, 2.45) is 5.92 Å². The van der Waals surface area contributed by atoms with E-state index in [1.807, 2.05) is 13.0 Å². The summed E-state index contributed by atoms with van der Waals surface area (Å²) in [6.45, 7) is 3.14. The third-order valence-electron chi connectivity index (χ3n) is 3.54. The Labute approximate surface area is 89.5 Å². The van der Waals surface area contributed by atoms with Gasteiger partial charge in [-0.15, -0.1) is 0 Å². The first-order valence-corrected chi connectivity index (χ1v) is 5.69. The first kappa shape index (κ1) is 9.16. The minimum absolute atomic E-state index is 0.662. The monoisotopic (exact) mass is 204 g/mol. The fourth-order valence-corrected chi connectivity index (χ4v) is 2.67. The average Bonchev–Trinajstić information content (AvgIpc) is 2.84. The Kier molecular flexibility index (Phi) is 2.13. The first-order chi connectivity index (χ1) is 7.33. The molecule has 0 aromatic carbocycles. The molecule has 0 unspecified atom stereocenters. The van der Waals surface area contributed by atoms with Crippen molar-refractivity contribution in [3.8, 4) is 0 Å². The number of hydrogen-bond donors (Lipinski definition) is 1. The van der Waals surface area contributed by atoms with E-state index in [1.165, 1.54) is 25.0 Å². The van der Waals surface area contributed by atoms with Gasteiger partial charge in [0.15, 0.2) is 5.76 Å². The van der Waals surface area contributed by atoms with Crippen molar-refractivity contribution in [1.29, 1.82) is 0 Å². The number of fused-ring (bicyclic) bond motifs is 1. The van der Waals surface area contributed by atoms with Crippen LogP contribution in [0.2, 0.25) is 0 Å². The number of nitrogens with one attached hydrogen (secondary N) is 1. The van der Waals surface area contributed by atoms with Crippen molar-refractivity contribution >= 4 is 5.57 Å². The van der Waals surface area contributed by atoms with Crippen LogP contribution in [0.15, 0.2) is 16.7 Å². The highest BCUT2D eigenvalue weighted by atomic mass is 16.5. The summed E-state index contributed by atoms with van der Waals surface area (Å²) in [5.41, 5.74) is 2.29. The smallest absolute Gasteiger partial charge is 0.162 e. The van der Waals surface area contributed by atoms with Crippen molar-refractivity contribution in [3.63, 3.8) is 0 Å². The number of aromatic nitrogens is 1. The highest BCUT2D eigenvalue weighted by molar-refractivity contribution is 5.63. The second-order valence-corrected chi connectivity index (χ2v) is 4.61. The van der Waals surface area contributed by atoms with E-state index in [1.54, 1.807) is 0 Å². The van der Waals surface area contributed by atoms with Crippen LogP contribution in [0.1, 0.15) is 30.7 Å². The van der Waals surface area contributed by atoms with Crippen LogP contribution in [-0.2, 0) is 0 Å². The van der Waals surface area contributed by atoms with E-state index >= 15 is 0 Å². The number of nitrogens with zero attached hydrogens (tertiary/aromatic N) is 1. The topological polar surface area (TPSA) is 38.1 Å². The van der Waals surface area contributed by atoms with Gasteiger partial charge >= 0.3 is 0 Å². The summed E-state index contributed by atoms with van der Waals surface area (Å²) in [5.74, 6) is 1.80. The third-order valence-corrected chi connectivity index (χ3v) is 3.54. The van der Waals surface area contributed by atoms with Crippen molar-refractivity contribution in [2.45, 2.75) is 32.2 Å². The lowest BCUT2D eigenvalue weighted by Gasteiger charge is -2.23. The Bertz CT molecular complexity index is 394. The van der Waals surface area contributed by atoms with Gasteiger partial charge in [0.25, 0.3) is 0 Å². The summed E-state index contributed by atoms with van der Waals surface area (Å²) in [6, 6.07) is 2.69. The zero-order valence-electron chi connectivity index (χ0n) is 8.99. The van der Waals surface area contributed by atoms with Gasteiger partial charge in [-0.3, -0.25) is 0 Å². The predicted molar refractivity (Wildman–Crippen MR) is 58.3 cm³/mol. The average molecular weight is 204 g/mol. The van der Waals surface area contributed by atoms with Crippen molar-refractivity contribution in [3.05, 3.63) is 23.6 Å². The molecule has 1 aromatic heterocycles. The minimum Gasteiger partial charge on any atom is -0.356 e. The van der Waals surface area contributed by atoms with Crippen LogP contribution < -0.4 is 5.32 Å². The normalized spacial score (nSPS) is 30.1. The summed E-state index contributed by atoms with van der Waals surface area (Å²) in [7, 11) is 0. The van der Waals surface area contributed by atoms with Gasteiger partial charge in [0.1, 0.15) is 0 Å². The molecule has 2 atom stereocenters. The van der Waals surface area contributed by atoms with E-state index in [-0.39, 0.29) is 0 Å². The van der Waals surface area contributed by atoms with Gasteiger partial charge in [0.2, 0.25) is 0 Å². The summed E-state index contributed by atoms with van der Waals surface area (Å²) < 4.78 is 5.31. The zero-order valence-corrected chi connectivity index (χ0v) is 8.99. The lowest BCUT2D eigenvalue weighted by molar-refractivity contribution is 0.393. The van der Waals surface area contributed by atoms with Crippen LogP contribution in [0.4, 0.5) is 0 Å². The fraction of sp³-hybridized carbons (Fsp3) is 0.583. The highest BCUT2D eigenvalue weighted by Gasteiger charge is 2.30. The molecule has 0 amide bonds. The Morgan fingerprint density at radius 1 is 1.53 bits per heavy atom. The largest absolute Gasteiger partial charge is 0.356 e. The van der Waals surface area contributed by atoms with Gasteiger partial charge in [-0.05, 0) is 44.2 Å². The van der Waals surface area contributed by atoms with Gasteiger partial charge in [0.05, 0.1) is 5.69 Å². The van der Waals surface area contributed by atoms with Gasteiger partial charge < -0.3 is 9.84 Å². The van der Waals surface area contributed by atoms with Crippen LogP contribution in [0.25, 0.3) is 5.57 Å². The van der Waals surface area contributed by atoms with E-state index in [4.69, 9.17) is 4.52 Å². The second-order valence-electron chi connectivity index (χ2n) is 4.61. The molecule has 1 saturated heterocycles. The minimum atomic E-state index is 0.662. The summed E-state index contributed by atoms with van der Waals surface area (Å²) >= 11 is 0. The molecule has 1 aliphatic carbocycles. The van der Waals surface area contributed by atoms with Gasteiger partial charge in [-0.1, -0.05) is 11.2 Å². The van der Waals surface area contributed by atoms with Crippen molar-refractivity contribution in [1.82, 2.24) is 10.5 Å². The number of allylic oxidation sites excluding steroid dienone is 1. The van der Waals surface area contributed by atoms with E-state index in [0.29, 0.717) is 6.04 Å². The summed E-state index contributed by atoms with van der Waals surface area (Å²) in [5, 5.41) is 7.50. The molecule has 1 aliphatic heterocycles.